The summed E-state index contributed by atoms with van der Waals surface area (Å²) < 4.78 is 0.997. The molecule has 98 valence electrons. The standard InChI is InChI=1S/C14H15BrN4/c1-9-7-13(18-8-12(9)15)19(2)11-5-3-10(4-6-11)14(16)17/h3-8H,1-2H3,(H3,16,17). The van der Waals surface area contributed by atoms with Gasteiger partial charge in [-0.05, 0) is 58.7 Å². The molecule has 0 aliphatic rings. The summed E-state index contributed by atoms with van der Waals surface area (Å²) in [6.45, 7) is 2.03. The molecule has 0 aliphatic carbocycles. The van der Waals surface area contributed by atoms with E-state index in [0.29, 0.717) is 0 Å². The molecule has 2 aromatic rings. The van der Waals surface area contributed by atoms with Crippen LogP contribution in [-0.2, 0) is 0 Å². The molecule has 0 amide bonds. The fraction of sp³-hybridized carbons (Fsp3) is 0.143. The molecule has 0 fully saturated rings. The Morgan fingerprint density at radius 1 is 1.32 bits per heavy atom. The number of pyridine rings is 1. The Hall–Kier alpha value is -1.88. The SMILES string of the molecule is Cc1cc(N(C)c2ccc(C(=N)N)cc2)ncc1Br. The third kappa shape index (κ3) is 2.93. The number of benzene rings is 1. The van der Waals surface area contributed by atoms with E-state index in [2.05, 4.69) is 20.9 Å². The maximum absolute atomic E-state index is 7.38. The number of hydrogen-bond donors (Lipinski definition) is 2. The van der Waals surface area contributed by atoms with Crippen LogP contribution >= 0.6 is 15.9 Å². The van der Waals surface area contributed by atoms with Gasteiger partial charge < -0.3 is 10.6 Å². The van der Waals surface area contributed by atoms with Crippen molar-refractivity contribution in [1.29, 1.82) is 5.41 Å². The number of halogens is 1. The van der Waals surface area contributed by atoms with Crippen LogP contribution in [0.25, 0.3) is 0 Å². The zero-order valence-electron chi connectivity index (χ0n) is 10.8. The average molecular weight is 319 g/mol. The topological polar surface area (TPSA) is 66.0 Å². The Morgan fingerprint density at radius 2 is 1.95 bits per heavy atom. The first-order valence-electron chi connectivity index (χ1n) is 5.79. The number of nitrogens with two attached hydrogens (primary N) is 1. The number of amidine groups is 1. The highest BCUT2D eigenvalue weighted by Crippen LogP contribution is 2.25. The monoisotopic (exact) mass is 318 g/mol. The van der Waals surface area contributed by atoms with Crippen molar-refractivity contribution >= 4 is 33.3 Å². The highest BCUT2D eigenvalue weighted by molar-refractivity contribution is 9.10. The van der Waals surface area contributed by atoms with E-state index in [1.54, 1.807) is 6.20 Å². The van der Waals surface area contributed by atoms with Gasteiger partial charge in [0, 0.05) is 29.0 Å². The lowest BCUT2D eigenvalue weighted by Crippen LogP contribution is -2.13. The molecule has 4 nitrogen and oxygen atoms in total. The van der Waals surface area contributed by atoms with Crippen LogP contribution in [0.4, 0.5) is 11.5 Å². The quantitative estimate of drug-likeness (QED) is 0.674. The second kappa shape index (κ2) is 5.40. The van der Waals surface area contributed by atoms with Crippen LogP contribution in [0.3, 0.4) is 0 Å². The minimum absolute atomic E-state index is 0.0758. The number of nitrogens with one attached hydrogen (secondary N) is 1. The molecule has 0 unspecified atom stereocenters. The Kier molecular flexibility index (Phi) is 3.85. The lowest BCUT2D eigenvalue weighted by molar-refractivity contribution is 1.11. The second-order valence-corrected chi connectivity index (χ2v) is 5.17. The normalized spacial score (nSPS) is 10.3. The molecule has 0 saturated heterocycles. The van der Waals surface area contributed by atoms with E-state index in [-0.39, 0.29) is 5.84 Å². The Morgan fingerprint density at radius 3 is 2.47 bits per heavy atom. The summed E-state index contributed by atoms with van der Waals surface area (Å²) in [5.41, 5.74) is 8.29. The van der Waals surface area contributed by atoms with E-state index in [4.69, 9.17) is 11.1 Å². The zero-order chi connectivity index (χ0) is 14.0. The van der Waals surface area contributed by atoms with Gasteiger partial charge in [-0.25, -0.2) is 4.98 Å². The number of aromatic nitrogens is 1. The summed E-state index contributed by atoms with van der Waals surface area (Å²) in [4.78, 5) is 6.37. The maximum atomic E-state index is 7.38. The van der Waals surface area contributed by atoms with Crippen molar-refractivity contribution in [3.05, 3.63) is 52.1 Å². The molecule has 0 bridgehead atoms. The van der Waals surface area contributed by atoms with Gasteiger partial charge >= 0.3 is 0 Å². The lowest BCUT2D eigenvalue weighted by atomic mass is 10.2. The molecule has 5 heteroatoms. The summed E-state index contributed by atoms with van der Waals surface area (Å²) in [6, 6.07) is 9.54. The van der Waals surface area contributed by atoms with E-state index in [9.17, 15) is 0 Å². The van der Waals surface area contributed by atoms with E-state index >= 15 is 0 Å². The molecule has 0 spiro atoms. The van der Waals surface area contributed by atoms with Gasteiger partial charge in [-0.2, -0.15) is 0 Å². The molecule has 0 atom stereocenters. The molecule has 0 radical (unpaired) electrons. The van der Waals surface area contributed by atoms with Crippen LogP contribution in [0, 0.1) is 12.3 Å². The van der Waals surface area contributed by atoms with Gasteiger partial charge in [0.25, 0.3) is 0 Å². The van der Waals surface area contributed by atoms with E-state index in [1.807, 2.05) is 49.2 Å². The average Bonchev–Trinajstić information content (AvgIpc) is 2.41. The Bertz CT molecular complexity index is 607. The minimum Gasteiger partial charge on any atom is -0.384 e. The van der Waals surface area contributed by atoms with Gasteiger partial charge in [0.15, 0.2) is 0 Å². The molecule has 3 N–H and O–H groups in total. The molecular formula is C14H15BrN4. The summed E-state index contributed by atoms with van der Waals surface area (Å²) in [5, 5.41) is 7.38. The molecule has 1 aromatic heterocycles. The summed E-state index contributed by atoms with van der Waals surface area (Å²) in [7, 11) is 1.96. The molecular weight excluding hydrogens is 304 g/mol. The Balaban J connectivity index is 2.30. The first-order valence-corrected chi connectivity index (χ1v) is 6.58. The van der Waals surface area contributed by atoms with Gasteiger partial charge in [0.1, 0.15) is 11.7 Å². The van der Waals surface area contributed by atoms with Gasteiger partial charge in [-0.15, -0.1) is 0 Å². The third-order valence-electron chi connectivity index (χ3n) is 2.94. The Labute approximate surface area is 120 Å². The lowest BCUT2D eigenvalue weighted by Gasteiger charge is -2.19. The summed E-state index contributed by atoms with van der Waals surface area (Å²) >= 11 is 3.44. The van der Waals surface area contributed by atoms with E-state index in [0.717, 1.165) is 27.1 Å². The number of nitrogens with zero attached hydrogens (tertiary/aromatic N) is 2. The molecule has 0 saturated carbocycles. The van der Waals surface area contributed by atoms with Crippen LogP contribution in [-0.4, -0.2) is 17.9 Å². The molecule has 0 aliphatic heterocycles. The molecule has 19 heavy (non-hydrogen) atoms. The number of aryl methyl sites for hydroxylation is 1. The molecule has 2 rings (SSSR count). The van der Waals surface area contributed by atoms with Crippen molar-refractivity contribution in [3.63, 3.8) is 0 Å². The fourth-order valence-electron chi connectivity index (χ4n) is 1.70. The van der Waals surface area contributed by atoms with Crippen LogP contribution in [0.15, 0.2) is 41.0 Å². The minimum atomic E-state index is 0.0758. The molecule has 1 heterocycles. The van der Waals surface area contributed by atoms with Crippen molar-refractivity contribution in [3.8, 4) is 0 Å². The second-order valence-electron chi connectivity index (χ2n) is 4.31. The smallest absolute Gasteiger partial charge is 0.132 e. The number of nitrogen functional groups attached to an aromatic ring is 1. The van der Waals surface area contributed by atoms with Crippen molar-refractivity contribution in [1.82, 2.24) is 4.98 Å². The number of hydrogen-bond acceptors (Lipinski definition) is 3. The van der Waals surface area contributed by atoms with Crippen molar-refractivity contribution in [2.45, 2.75) is 6.92 Å². The van der Waals surface area contributed by atoms with Gasteiger partial charge in [0.2, 0.25) is 0 Å². The predicted octanol–water partition coefficient (Wildman–Crippen LogP) is 3.20. The van der Waals surface area contributed by atoms with Crippen molar-refractivity contribution < 1.29 is 0 Å². The van der Waals surface area contributed by atoms with Crippen LogP contribution < -0.4 is 10.6 Å². The summed E-state index contributed by atoms with van der Waals surface area (Å²) in [6.07, 6.45) is 1.80. The van der Waals surface area contributed by atoms with Gasteiger partial charge in [-0.1, -0.05) is 0 Å². The highest BCUT2D eigenvalue weighted by atomic mass is 79.9. The van der Waals surface area contributed by atoms with Crippen LogP contribution in [0.2, 0.25) is 0 Å². The van der Waals surface area contributed by atoms with Gasteiger partial charge in [0.05, 0.1) is 0 Å². The van der Waals surface area contributed by atoms with Crippen LogP contribution in [0.5, 0.6) is 0 Å². The first-order chi connectivity index (χ1) is 8.99. The maximum Gasteiger partial charge on any atom is 0.132 e. The largest absolute Gasteiger partial charge is 0.384 e. The molecule has 1 aromatic carbocycles. The van der Waals surface area contributed by atoms with E-state index in [1.165, 1.54) is 0 Å². The highest BCUT2D eigenvalue weighted by Gasteiger charge is 2.07. The third-order valence-corrected chi connectivity index (χ3v) is 3.77. The fourth-order valence-corrected chi connectivity index (χ4v) is 1.92. The van der Waals surface area contributed by atoms with Crippen molar-refractivity contribution in [2.75, 3.05) is 11.9 Å². The first kappa shape index (κ1) is 13.5. The predicted molar refractivity (Wildman–Crippen MR) is 82.2 cm³/mol. The van der Waals surface area contributed by atoms with Crippen LogP contribution in [0.1, 0.15) is 11.1 Å². The zero-order valence-corrected chi connectivity index (χ0v) is 12.4. The summed E-state index contributed by atoms with van der Waals surface area (Å²) in [5.74, 6) is 0.947. The number of anilines is 2. The van der Waals surface area contributed by atoms with E-state index < -0.39 is 0 Å². The number of rotatable bonds is 3. The van der Waals surface area contributed by atoms with Gasteiger partial charge in [-0.3, -0.25) is 5.41 Å². The van der Waals surface area contributed by atoms with Crippen molar-refractivity contribution in [2.24, 2.45) is 5.73 Å².